The predicted molar refractivity (Wildman–Crippen MR) is 136 cm³/mol. The number of aliphatic carboxylic acids is 1. The van der Waals surface area contributed by atoms with Gasteiger partial charge in [-0.1, -0.05) is 49.2 Å². The second kappa shape index (κ2) is 16.6. The van der Waals surface area contributed by atoms with E-state index < -0.39 is 11.2 Å². The summed E-state index contributed by atoms with van der Waals surface area (Å²) in [6.07, 6.45) is 4.63. The molecule has 0 radical (unpaired) electrons. The summed E-state index contributed by atoms with van der Waals surface area (Å²) in [5.41, 5.74) is 2.80. The highest BCUT2D eigenvalue weighted by molar-refractivity contribution is 8.01. The van der Waals surface area contributed by atoms with E-state index in [-0.39, 0.29) is 17.6 Å². The number of hydrogen-bond donors (Lipinski definition) is 3. The Morgan fingerprint density at radius 1 is 0.879 bits per heavy atom. The van der Waals surface area contributed by atoms with Crippen LogP contribution < -0.4 is 10.8 Å². The third kappa shape index (κ3) is 12.1. The highest BCUT2D eigenvalue weighted by atomic mass is 32.2. The van der Waals surface area contributed by atoms with Crippen molar-refractivity contribution >= 4 is 35.5 Å². The van der Waals surface area contributed by atoms with Gasteiger partial charge in [-0.05, 0) is 57.1 Å². The van der Waals surface area contributed by atoms with Gasteiger partial charge in [0, 0.05) is 21.6 Å². The Morgan fingerprint density at radius 3 is 2.03 bits per heavy atom. The van der Waals surface area contributed by atoms with Gasteiger partial charge in [-0.3, -0.25) is 4.79 Å². The highest BCUT2D eigenvalue weighted by Gasteiger charge is 2.28. The van der Waals surface area contributed by atoms with E-state index in [2.05, 4.69) is 10.8 Å². The first-order valence-electron chi connectivity index (χ1n) is 11.3. The van der Waals surface area contributed by atoms with Crippen LogP contribution in [0.3, 0.4) is 0 Å². The van der Waals surface area contributed by atoms with E-state index in [0.717, 1.165) is 42.0 Å². The molecule has 0 aliphatic carbocycles. The number of unbranched alkanes of at least 4 members (excludes halogenated alkanes) is 3. The number of carboxylic acids is 1. The first-order valence-corrected chi connectivity index (χ1v) is 13.1. The number of hydrogen-bond acceptors (Lipinski definition) is 7. The Morgan fingerprint density at radius 2 is 1.45 bits per heavy atom. The molecular formula is C25H34N2O4S2. The van der Waals surface area contributed by atoms with Crippen molar-refractivity contribution in [1.82, 2.24) is 10.8 Å². The zero-order valence-electron chi connectivity index (χ0n) is 19.1. The van der Waals surface area contributed by atoms with E-state index >= 15 is 0 Å². The van der Waals surface area contributed by atoms with Crippen molar-refractivity contribution in [1.29, 1.82) is 0 Å². The van der Waals surface area contributed by atoms with Crippen LogP contribution in [0.5, 0.6) is 0 Å². The summed E-state index contributed by atoms with van der Waals surface area (Å²) in [6, 6.07) is 19.3. The molecule has 0 aromatic heterocycles. The molecule has 180 valence electrons. The van der Waals surface area contributed by atoms with Gasteiger partial charge in [-0.2, -0.15) is 5.48 Å². The fraction of sp³-hybridized carbons (Fsp3) is 0.440. The fourth-order valence-corrected chi connectivity index (χ4v) is 5.65. The largest absolute Gasteiger partial charge is 0.481 e. The van der Waals surface area contributed by atoms with Crippen LogP contribution in [0.1, 0.15) is 38.5 Å². The average molecular weight is 491 g/mol. The Kier molecular flexibility index (Phi) is 13.7. The van der Waals surface area contributed by atoms with Gasteiger partial charge >= 0.3 is 11.9 Å². The van der Waals surface area contributed by atoms with E-state index in [9.17, 15) is 14.7 Å². The van der Waals surface area contributed by atoms with Crippen LogP contribution in [0, 0.1) is 0 Å². The summed E-state index contributed by atoms with van der Waals surface area (Å²) >= 11 is 2.90. The van der Waals surface area contributed by atoms with Crippen LogP contribution in [-0.2, 0) is 14.4 Å². The van der Waals surface area contributed by atoms with Gasteiger partial charge in [0.15, 0.2) is 0 Å². The molecule has 0 aliphatic heterocycles. The molecule has 2 aromatic rings. The predicted octanol–water partition coefficient (Wildman–Crippen LogP) is 5.00. The van der Waals surface area contributed by atoms with E-state index in [0.29, 0.717) is 13.0 Å². The van der Waals surface area contributed by atoms with Gasteiger partial charge in [-0.15, -0.1) is 23.5 Å². The van der Waals surface area contributed by atoms with E-state index in [1.165, 1.54) is 23.5 Å². The van der Waals surface area contributed by atoms with Crippen molar-refractivity contribution in [3.63, 3.8) is 0 Å². The van der Waals surface area contributed by atoms with Crippen LogP contribution in [0.25, 0.3) is 0 Å². The quantitative estimate of drug-likeness (QED) is 0.162. The number of carboxylic acid groups (broad SMARTS) is 1. The Balaban J connectivity index is 1.96. The zero-order chi connectivity index (χ0) is 23.7. The number of carbonyl (C=O) groups excluding carboxylic acids is 1. The number of thioether (sulfide) groups is 2. The summed E-state index contributed by atoms with van der Waals surface area (Å²) in [5.74, 6) is -1.25. The zero-order valence-corrected chi connectivity index (χ0v) is 20.7. The second-order valence-corrected chi connectivity index (χ2v) is 10.3. The third-order valence-corrected chi connectivity index (χ3v) is 7.29. The molecule has 8 heteroatoms. The number of carbonyl (C=O) groups is 2. The molecule has 0 bridgehead atoms. The molecule has 0 spiro atoms. The number of rotatable bonds is 17. The van der Waals surface area contributed by atoms with Crippen molar-refractivity contribution in [3.05, 3.63) is 60.7 Å². The maximum absolute atomic E-state index is 12.9. The molecule has 2 rings (SSSR count). The summed E-state index contributed by atoms with van der Waals surface area (Å²) < 4.78 is 0. The number of hydroxylamine groups is 1. The molecule has 2 atom stereocenters. The van der Waals surface area contributed by atoms with Crippen molar-refractivity contribution in [2.45, 2.75) is 58.8 Å². The van der Waals surface area contributed by atoms with Gasteiger partial charge < -0.3 is 15.3 Å². The smallest absolute Gasteiger partial charge is 0.338 e. The first-order chi connectivity index (χ1) is 16.1. The molecule has 0 heterocycles. The Labute approximate surface area is 205 Å². The average Bonchev–Trinajstić information content (AvgIpc) is 2.81. The third-order valence-electron chi connectivity index (χ3n) is 4.84. The lowest BCUT2D eigenvalue weighted by Gasteiger charge is -2.21. The van der Waals surface area contributed by atoms with Crippen molar-refractivity contribution in [3.8, 4) is 0 Å². The molecule has 0 fully saturated rings. The molecule has 3 N–H and O–H groups in total. The SMILES string of the molecule is CNCCCCCCNOC(=O)C(CC(CC(=O)O)Sc1ccccc1)Sc1ccccc1. The van der Waals surface area contributed by atoms with Gasteiger partial charge in [0.1, 0.15) is 5.25 Å². The molecule has 0 saturated carbocycles. The molecule has 0 aliphatic rings. The lowest BCUT2D eigenvalue weighted by molar-refractivity contribution is -0.150. The summed E-state index contributed by atoms with van der Waals surface area (Å²) in [6.45, 7) is 1.62. The monoisotopic (exact) mass is 490 g/mol. The topological polar surface area (TPSA) is 87.7 Å². The normalized spacial score (nSPS) is 12.8. The van der Waals surface area contributed by atoms with Gasteiger partial charge in [-0.25, -0.2) is 4.79 Å². The first kappa shape index (κ1) is 27.2. The maximum atomic E-state index is 12.9. The van der Waals surface area contributed by atoms with Crippen LogP contribution in [0.2, 0.25) is 0 Å². The molecule has 0 amide bonds. The lowest BCUT2D eigenvalue weighted by Crippen LogP contribution is -2.31. The van der Waals surface area contributed by atoms with Gasteiger partial charge in [0.2, 0.25) is 0 Å². The van der Waals surface area contributed by atoms with Crippen LogP contribution in [0.4, 0.5) is 0 Å². The molecule has 6 nitrogen and oxygen atoms in total. The van der Waals surface area contributed by atoms with Crippen molar-refractivity contribution < 1.29 is 19.5 Å². The van der Waals surface area contributed by atoms with Crippen LogP contribution in [0.15, 0.2) is 70.5 Å². The molecular weight excluding hydrogens is 456 g/mol. The maximum Gasteiger partial charge on any atom is 0.338 e. The van der Waals surface area contributed by atoms with Crippen molar-refractivity contribution in [2.75, 3.05) is 20.1 Å². The second-order valence-electron chi connectivity index (χ2n) is 7.64. The van der Waals surface area contributed by atoms with E-state index in [1.807, 2.05) is 67.7 Å². The molecule has 2 unspecified atom stereocenters. The van der Waals surface area contributed by atoms with E-state index in [1.54, 1.807) is 0 Å². The van der Waals surface area contributed by atoms with Crippen LogP contribution >= 0.6 is 23.5 Å². The minimum absolute atomic E-state index is 0.0290. The fourth-order valence-electron chi connectivity index (χ4n) is 3.19. The highest BCUT2D eigenvalue weighted by Crippen LogP contribution is 2.34. The standard InChI is InChI=1S/C25H34N2O4S2/c1-26-16-10-2-3-11-17-27-31-25(30)23(33-21-14-8-5-9-15-21)18-22(19-24(28)29)32-20-12-6-4-7-13-20/h4-9,12-15,22-23,26-27H,2-3,10-11,16-19H2,1H3,(H,28,29). The summed E-state index contributed by atoms with van der Waals surface area (Å²) in [5, 5.41) is 11.8. The Hall–Kier alpha value is -2.00. The van der Waals surface area contributed by atoms with Gasteiger partial charge in [0.25, 0.3) is 0 Å². The number of nitrogens with one attached hydrogen (secondary N) is 2. The molecule has 33 heavy (non-hydrogen) atoms. The molecule has 2 aromatic carbocycles. The minimum atomic E-state index is -0.878. The summed E-state index contributed by atoms with van der Waals surface area (Å²) in [7, 11) is 1.95. The van der Waals surface area contributed by atoms with Crippen molar-refractivity contribution in [2.24, 2.45) is 0 Å². The lowest BCUT2D eigenvalue weighted by atomic mass is 10.2. The number of benzene rings is 2. The van der Waals surface area contributed by atoms with E-state index in [4.69, 9.17) is 4.84 Å². The summed E-state index contributed by atoms with van der Waals surface area (Å²) in [4.78, 5) is 31.7. The van der Waals surface area contributed by atoms with Crippen LogP contribution in [-0.4, -0.2) is 47.7 Å². The minimum Gasteiger partial charge on any atom is -0.481 e. The van der Waals surface area contributed by atoms with Gasteiger partial charge in [0.05, 0.1) is 6.42 Å². The Bertz CT molecular complexity index is 809. The molecule has 0 saturated heterocycles.